The summed E-state index contributed by atoms with van der Waals surface area (Å²) in [7, 11) is 0. The Morgan fingerprint density at radius 3 is 2.68 bits per heavy atom. The molecule has 190 valence electrons. The van der Waals surface area contributed by atoms with Crippen LogP contribution in [0.2, 0.25) is 0 Å². The zero-order chi connectivity index (χ0) is 25.5. The fourth-order valence-corrected chi connectivity index (χ4v) is 5.75. The summed E-state index contributed by atoms with van der Waals surface area (Å²) in [5, 5.41) is 7.50. The zero-order valence-corrected chi connectivity index (χ0v) is 21.4. The first-order valence-electron chi connectivity index (χ1n) is 13.2. The van der Waals surface area contributed by atoms with Gasteiger partial charge in [0.25, 0.3) is 5.56 Å². The number of aromatic nitrogens is 4. The number of hydrogen-bond acceptors (Lipinski definition) is 5. The van der Waals surface area contributed by atoms with Crippen LogP contribution < -0.4 is 16.2 Å². The number of nitrogens with one attached hydrogen (secondary N) is 2. The molecule has 2 aromatic carbocycles. The van der Waals surface area contributed by atoms with Crippen LogP contribution in [0.4, 0.5) is 16.0 Å². The van der Waals surface area contributed by atoms with Crippen LogP contribution in [0, 0.1) is 5.82 Å². The minimum absolute atomic E-state index is 0.110. The van der Waals surface area contributed by atoms with Crippen molar-refractivity contribution in [1.82, 2.24) is 24.6 Å². The standard InChI is InChI=1S/C29H31FN6O/c1-28(2,3)23-15-20(7-9-24(23)30)35-25-21(26(37)36(35)19-5-6-19)16-31-27(34-25)33-18-4-8-22-17(14-18)10-13-32-29(22)11-12-29/h4,7-9,14-16,19,32H,5-6,10-13H2,1-3H3,(H,31,33,34). The highest BCUT2D eigenvalue weighted by molar-refractivity contribution is 5.77. The fourth-order valence-electron chi connectivity index (χ4n) is 5.75. The van der Waals surface area contributed by atoms with E-state index in [0.29, 0.717) is 22.5 Å². The van der Waals surface area contributed by atoms with Crippen molar-refractivity contribution < 1.29 is 4.39 Å². The first-order valence-corrected chi connectivity index (χ1v) is 13.2. The van der Waals surface area contributed by atoms with Crippen molar-refractivity contribution in [3.8, 4) is 5.69 Å². The van der Waals surface area contributed by atoms with Crippen LogP contribution in [-0.4, -0.2) is 25.9 Å². The predicted octanol–water partition coefficient (Wildman–Crippen LogP) is 5.23. The lowest BCUT2D eigenvalue weighted by atomic mass is 9.86. The van der Waals surface area contributed by atoms with Gasteiger partial charge in [-0.25, -0.2) is 18.7 Å². The number of fused-ring (bicyclic) bond motifs is 3. The monoisotopic (exact) mass is 498 g/mol. The summed E-state index contributed by atoms with van der Waals surface area (Å²) >= 11 is 0. The van der Waals surface area contributed by atoms with E-state index < -0.39 is 0 Å². The Labute approximate surface area is 214 Å². The maximum atomic E-state index is 14.7. The van der Waals surface area contributed by atoms with Crippen LogP contribution in [0.1, 0.15) is 69.2 Å². The van der Waals surface area contributed by atoms with Crippen molar-refractivity contribution in [1.29, 1.82) is 0 Å². The van der Waals surface area contributed by atoms with E-state index in [1.807, 2.05) is 31.5 Å². The molecular weight excluding hydrogens is 467 g/mol. The van der Waals surface area contributed by atoms with Gasteiger partial charge in [-0.2, -0.15) is 4.98 Å². The molecule has 0 radical (unpaired) electrons. The maximum Gasteiger partial charge on any atom is 0.278 e. The largest absolute Gasteiger partial charge is 0.324 e. The lowest BCUT2D eigenvalue weighted by molar-refractivity contribution is 0.490. The van der Waals surface area contributed by atoms with Gasteiger partial charge in [0, 0.05) is 24.0 Å². The van der Waals surface area contributed by atoms with E-state index in [4.69, 9.17) is 4.98 Å². The molecule has 3 aliphatic rings. The summed E-state index contributed by atoms with van der Waals surface area (Å²) in [5.74, 6) is 0.183. The van der Waals surface area contributed by atoms with Gasteiger partial charge < -0.3 is 10.6 Å². The van der Waals surface area contributed by atoms with E-state index in [2.05, 4.69) is 33.8 Å². The molecule has 3 heterocycles. The normalized spacial score (nSPS) is 18.3. The third-order valence-electron chi connectivity index (χ3n) is 8.00. The fraction of sp³-hybridized carbons (Fsp3) is 0.414. The number of anilines is 2. The summed E-state index contributed by atoms with van der Waals surface area (Å²) in [6.07, 6.45) is 6.88. The molecule has 0 bridgehead atoms. The zero-order valence-electron chi connectivity index (χ0n) is 21.4. The second-order valence-electron chi connectivity index (χ2n) is 11.8. The average Bonchev–Trinajstić information content (AvgIpc) is 3.79. The SMILES string of the molecule is CC(C)(C)c1cc(-n2c3nc(Nc4ccc5c(c4)CCNC54CC4)ncc3c(=O)n2C2CC2)ccc1F. The molecule has 0 amide bonds. The third kappa shape index (κ3) is 3.69. The minimum atomic E-state index is -0.379. The van der Waals surface area contributed by atoms with Crippen LogP contribution in [0.25, 0.3) is 16.7 Å². The number of benzene rings is 2. The molecule has 37 heavy (non-hydrogen) atoms. The van der Waals surface area contributed by atoms with Gasteiger partial charge in [-0.05, 0) is 84.5 Å². The van der Waals surface area contributed by atoms with Crippen molar-refractivity contribution in [2.45, 2.75) is 69.9 Å². The molecule has 2 N–H and O–H groups in total. The molecule has 1 spiro atoms. The second-order valence-corrected chi connectivity index (χ2v) is 11.8. The van der Waals surface area contributed by atoms with Gasteiger partial charge in [0.1, 0.15) is 11.2 Å². The Bertz CT molecular complexity index is 1620. The third-order valence-corrected chi connectivity index (χ3v) is 8.00. The summed E-state index contributed by atoms with van der Waals surface area (Å²) in [4.78, 5) is 22.7. The molecular formula is C29H31FN6O. The highest BCUT2D eigenvalue weighted by Crippen LogP contribution is 2.49. The van der Waals surface area contributed by atoms with Crippen molar-refractivity contribution in [2.75, 3.05) is 11.9 Å². The number of nitrogens with zero attached hydrogens (tertiary/aromatic N) is 4. The maximum absolute atomic E-state index is 14.7. The summed E-state index contributed by atoms with van der Waals surface area (Å²) in [6, 6.07) is 11.7. The van der Waals surface area contributed by atoms with E-state index in [9.17, 15) is 9.18 Å². The second kappa shape index (κ2) is 7.74. The Balaban J connectivity index is 1.33. The topological polar surface area (TPSA) is 76.8 Å². The van der Waals surface area contributed by atoms with Crippen molar-refractivity contribution in [3.05, 3.63) is 75.5 Å². The Morgan fingerprint density at radius 1 is 1.14 bits per heavy atom. The van der Waals surface area contributed by atoms with Crippen molar-refractivity contribution in [2.24, 2.45) is 0 Å². The highest BCUT2D eigenvalue weighted by Gasteiger charge is 2.46. The number of halogens is 1. The van der Waals surface area contributed by atoms with Gasteiger partial charge in [0.15, 0.2) is 5.65 Å². The quantitative estimate of drug-likeness (QED) is 0.403. The van der Waals surface area contributed by atoms with Gasteiger partial charge in [-0.3, -0.25) is 4.79 Å². The molecule has 4 aromatic rings. The van der Waals surface area contributed by atoms with Crippen LogP contribution in [0.3, 0.4) is 0 Å². The van der Waals surface area contributed by atoms with Gasteiger partial charge in [0.2, 0.25) is 5.95 Å². The van der Waals surface area contributed by atoms with Crippen LogP contribution in [-0.2, 0) is 17.4 Å². The van der Waals surface area contributed by atoms with Gasteiger partial charge in [0.05, 0.1) is 11.7 Å². The van der Waals surface area contributed by atoms with Crippen molar-refractivity contribution in [3.63, 3.8) is 0 Å². The molecule has 0 unspecified atom stereocenters. The molecule has 2 aromatic heterocycles. The molecule has 0 saturated heterocycles. The summed E-state index contributed by atoms with van der Waals surface area (Å²) in [5.41, 5.74) is 5.25. The van der Waals surface area contributed by atoms with E-state index in [0.717, 1.165) is 37.2 Å². The molecule has 8 heteroatoms. The molecule has 1 aliphatic heterocycles. The lowest BCUT2D eigenvalue weighted by Crippen LogP contribution is -2.36. The summed E-state index contributed by atoms with van der Waals surface area (Å²) < 4.78 is 18.4. The smallest absolute Gasteiger partial charge is 0.278 e. The minimum Gasteiger partial charge on any atom is -0.324 e. The molecule has 2 fully saturated rings. The van der Waals surface area contributed by atoms with Crippen LogP contribution in [0.5, 0.6) is 0 Å². The van der Waals surface area contributed by atoms with E-state index in [-0.39, 0.29) is 28.4 Å². The van der Waals surface area contributed by atoms with E-state index in [1.165, 1.54) is 30.0 Å². The molecule has 7 nitrogen and oxygen atoms in total. The molecule has 0 atom stereocenters. The molecule has 2 saturated carbocycles. The predicted molar refractivity (Wildman–Crippen MR) is 142 cm³/mol. The van der Waals surface area contributed by atoms with Gasteiger partial charge in [-0.15, -0.1) is 0 Å². The Hall–Kier alpha value is -3.52. The number of rotatable bonds is 4. The van der Waals surface area contributed by atoms with E-state index >= 15 is 0 Å². The lowest BCUT2D eigenvalue weighted by Gasteiger charge is -2.27. The highest BCUT2D eigenvalue weighted by atomic mass is 19.1. The van der Waals surface area contributed by atoms with Gasteiger partial charge >= 0.3 is 0 Å². The first-order chi connectivity index (χ1) is 17.7. The van der Waals surface area contributed by atoms with Crippen LogP contribution in [0.15, 0.2) is 47.4 Å². The van der Waals surface area contributed by atoms with Crippen LogP contribution >= 0.6 is 0 Å². The average molecular weight is 499 g/mol. The van der Waals surface area contributed by atoms with Crippen molar-refractivity contribution >= 4 is 22.7 Å². The summed E-state index contributed by atoms with van der Waals surface area (Å²) in [6.45, 7) is 6.95. The Kier molecular flexibility index (Phi) is 4.74. The molecule has 2 aliphatic carbocycles. The number of hydrogen-bond donors (Lipinski definition) is 2. The first kappa shape index (κ1) is 22.7. The van der Waals surface area contributed by atoms with E-state index in [1.54, 1.807) is 16.9 Å². The Morgan fingerprint density at radius 2 is 1.95 bits per heavy atom. The van der Waals surface area contributed by atoms with Gasteiger partial charge in [-0.1, -0.05) is 26.8 Å². The molecule has 7 rings (SSSR count).